The number of rotatable bonds is 5. The zero-order chi connectivity index (χ0) is 11.4. The van der Waals surface area contributed by atoms with Crippen molar-refractivity contribution in [3.05, 3.63) is 4.91 Å². The molecule has 0 aromatic heterocycles. The molecule has 0 saturated carbocycles. The van der Waals surface area contributed by atoms with E-state index in [0.717, 1.165) is 0 Å². The number of hydrazone groups is 1. The number of hydrogen-bond acceptors (Lipinski definition) is 5. The highest BCUT2D eigenvalue weighted by Gasteiger charge is 2.25. The second-order valence-electron chi connectivity index (χ2n) is 3.31. The maximum Gasteiger partial charge on any atom is 0.342 e. The highest BCUT2D eigenvalue weighted by Crippen LogP contribution is 2.16. The van der Waals surface area contributed by atoms with Crippen molar-refractivity contribution in [3.63, 3.8) is 0 Å². The molecule has 0 atom stereocenters. The van der Waals surface area contributed by atoms with Crippen LogP contribution in [-0.2, 0) is 0 Å². The summed E-state index contributed by atoms with van der Waals surface area (Å²) in [6, 6.07) is 0. The summed E-state index contributed by atoms with van der Waals surface area (Å²) in [5.41, 5.74) is 4.49. The molecule has 6 nitrogen and oxygen atoms in total. The summed E-state index contributed by atoms with van der Waals surface area (Å²) in [4.78, 5) is 9.99. The normalized spacial score (nSPS) is 13.1. The Morgan fingerprint density at radius 1 is 1.57 bits per heavy atom. The van der Waals surface area contributed by atoms with Crippen LogP contribution in [0.2, 0.25) is 0 Å². The first-order valence-corrected chi connectivity index (χ1v) is 3.77. The SMILES string of the molecule is CC(C)(CN=O)/C(N)=N/N(N)C(F)F. The molecule has 0 aliphatic carbocycles. The molecule has 0 bridgehead atoms. The van der Waals surface area contributed by atoms with Crippen LogP contribution in [0.5, 0.6) is 0 Å². The molecule has 4 N–H and O–H groups in total. The number of hydrazine groups is 1. The number of amidine groups is 1. The van der Waals surface area contributed by atoms with E-state index in [0.29, 0.717) is 0 Å². The molecule has 8 heteroatoms. The Kier molecular flexibility index (Phi) is 4.35. The molecule has 0 amide bonds. The first-order chi connectivity index (χ1) is 6.31. The minimum Gasteiger partial charge on any atom is -0.385 e. The summed E-state index contributed by atoms with van der Waals surface area (Å²) in [5, 5.41) is 5.78. The lowest BCUT2D eigenvalue weighted by molar-refractivity contribution is -0.0273. The summed E-state index contributed by atoms with van der Waals surface area (Å²) in [5.74, 6) is 4.65. The van der Waals surface area contributed by atoms with Gasteiger partial charge in [0.25, 0.3) is 0 Å². The number of halogens is 2. The Balaban J connectivity index is 4.57. The topological polar surface area (TPSA) is 97.1 Å². The van der Waals surface area contributed by atoms with E-state index >= 15 is 0 Å². The highest BCUT2D eigenvalue weighted by molar-refractivity contribution is 5.85. The van der Waals surface area contributed by atoms with Crippen LogP contribution in [0.4, 0.5) is 8.78 Å². The number of nitrogens with two attached hydrogens (primary N) is 2. The first kappa shape index (κ1) is 12.7. The minimum absolute atomic E-state index is 0.0676. The van der Waals surface area contributed by atoms with Crippen LogP contribution in [0.15, 0.2) is 10.3 Å². The van der Waals surface area contributed by atoms with Crippen molar-refractivity contribution in [3.8, 4) is 0 Å². The fourth-order valence-corrected chi connectivity index (χ4v) is 0.546. The maximum absolute atomic E-state index is 11.9. The van der Waals surface area contributed by atoms with Gasteiger partial charge in [0.1, 0.15) is 5.84 Å². The molecule has 14 heavy (non-hydrogen) atoms. The van der Waals surface area contributed by atoms with E-state index in [1.165, 1.54) is 0 Å². The van der Waals surface area contributed by atoms with Gasteiger partial charge in [-0.3, -0.25) is 0 Å². The quantitative estimate of drug-likeness (QED) is 0.171. The van der Waals surface area contributed by atoms with Crippen LogP contribution in [0, 0.1) is 10.3 Å². The Morgan fingerprint density at radius 3 is 2.43 bits per heavy atom. The molecule has 0 aromatic carbocycles. The molecule has 0 saturated heterocycles. The van der Waals surface area contributed by atoms with Gasteiger partial charge in [-0.05, 0) is 0 Å². The van der Waals surface area contributed by atoms with Gasteiger partial charge in [-0.25, -0.2) is 5.84 Å². The van der Waals surface area contributed by atoms with Gasteiger partial charge in [0, 0.05) is 5.41 Å². The third-order valence-corrected chi connectivity index (χ3v) is 1.58. The molecule has 0 rings (SSSR count). The smallest absolute Gasteiger partial charge is 0.342 e. The van der Waals surface area contributed by atoms with Gasteiger partial charge in [0.2, 0.25) is 0 Å². The lowest BCUT2D eigenvalue weighted by Gasteiger charge is -2.21. The van der Waals surface area contributed by atoms with Gasteiger partial charge in [0.05, 0.1) is 6.54 Å². The van der Waals surface area contributed by atoms with Crippen LogP contribution in [0.1, 0.15) is 13.8 Å². The van der Waals surface area contributed by atoms with E-state index in [2.05, 4.69) is 10.3 Å². The van der Waals surface area contributed by atoms with Gasteiger partial charge in [0.15, 0.2) is 0 Å². The molecular weight excluding hydrogens is 196 g/mol. The molecule has 0 spiro atoms. The second kappa shape index (κ2) is 4.80. The summed E-state index contributed by atoms with van der Waals surface area (Å²) >= 11 is 0. The summed E-state index contributed by atoms with van der Waals surface area (Å²) in [6.07, 6.45) is 0. The van der Waals surface area contributed by atoms with E-state index < -0.39 is 12.0 Å². The fraction of sp³-hybridized carbons (Fsp3) is 0.833. The minimum atomic E-state index is -2.94. The molecule has 0 radical (unpaired) electrons. The van der Waals surface area contributed by atoms with Crippen LogP contribution in [0.25, 0.3) is 0 Å². The lowest BCUT2D eigenvalue weighted by atomic mass is 9.93. The Labute approximate surface area is 79.9 Å². The van der Waals surface area contributed by atoms with Crippen LogP contribution in [-0.4, -0.2) is 24.0 Å². The maximum atomic E-state index is 11.9. The van der Waals surface area contributed by atoms with Gasteiger partial charge in [-0.1, -0.05) is 19.0 Å². The summed E-state index contributed by atoms with van der Waals surface area (Å²) in [7, 11) is 0. The molecule has 0 aromatic rings. The van der Waals surface area contributed by atoms with Gasteiger partial charge >= 0.3 is 6.55 Å². The van der Waals surface area contributed by atoms with Crippen molar-refractivity contribution < 1.29 is 8.78 Å². The Hall–Kier alpha value is -1.31. The van der Waals surface area contributed by atoms with E-state index in [1.807, 2.05) is 0 Å². The highest BCUT2D eigenvalue weighted by atomic mass is 19.3. The van der Waals surface area contributed by atoms with Gasteiger partial charge in [-0.2, -0.15) is 18.8 Å². The first-order valence-electron chi connectivity index (χ1n) is 3.77. The van der Waals surface area contributed by atoms with E-state index in [9.17, 15) is 13.7 Å². The molecular formula is C6H13F2N5O. The van der Waals surface area contributed by atoms with Crippen molar-refractivity contribution in [1.82, 2.24) is 5.12 Å². The molecule has 0 unspecified atom stereocenters. The third kappa shape index (κ3) is 3.60. The predicted octanol–water partition coefficient (Wildman–Crippen LogP) is 0.450. The van der Waals surface area contributed by atoms with Crippen LogP contribution in [0.3, 0.4) is 0 Å². The largest absolute Gasteiger partial charge is 0.385 e. The summed E-state index contributed by atoms with van der Waals surface area (Å²) in [6.45, 7) is 0.00642. The molecule has 82 valence electrons. The predicted molar refractivity (Wildman–Crippen MR) is 48.1 cm³/mol. The number of nitroso groups, excluding NO2 is 1. The Bertz CT molecular complexity index is 230. The fourth-order valence-electron chi connectivity index (χ4n) is 0.546. The van der Waals surface area contributed by atoms with E-state index in [1.54, 1.807) is 13.8 Å². The summed E-state index contributed by atoms with van der Waals surface area (Å²) < 4.78 is 23.8. The zero-order valence-electron chi connectivity index (χ0n) is 7.94. The second-order valence-corrected chi connectivity index (χ2v) is 3.31. The van der Waals surface area contributed by atoms with E-state index in [-0.39, 0.29) is 17.5 Å². The van der Waals surface area contributed by atoms with Crippen LogP contribution < -0.4 is 11.6 Å². The molecule has 0 heterocycles. The number of alkyl halides is 2. The zero-order valence-corrected chi connectivity index (χ0v) is 7.94. The van der Waals surface area contributed by atoms with Gasteiger partial charge in [-0.15, -0.1) is 5.10 Å². The third-order valence-electron chi connectivity index (χ3n) is 1.58. The van der Waals surface area contributed by atoms with Crippen molar-refractivity contribution in [1.29, 1.82) is 0 Å². The van der Waals surface area contributed by atoms with Gasteiger partial charge < -0.3 is 5.73 Å². The molecule has 0 fully saturated rings. The lowest BCUT2D eigenvalue weighted by Crippen LogP contribution is -2.40. The van der Waals surface area contributed by atoms with E-state index in [4.69, 9.17) is 11.6 Å². The van der Waals surface area contributed by atoms with Crippen molar-refractivity contribution in [2.45, 2.75) is 20.4 Å². The molecule has 0 aliphatic rings. The van der Waals surface area contributed by atoms with Crippen molar-refractivity contribution >= 4 is 5.84 Å². The van der Waals surface area contributed by atoms with Crippen molar-refractivity contribution in [2.75, 3.05) is 6.54 Å². The monoisotopic (exact) mass is 209 g/mol. The standard InChI is InChI=1S/C6H13F2N5O/c1-6(2,3-11-14)4(9)12-13(10)5(7)8/h5H,3,10H2,1-2H3,(H2,9,12). The average Bonchev–Trinajstić information content (AvgIpc) is 2.03. The van der Waals surface area contributed by atoms with Crippen molar-refractivity contribution in [2.24, 2.45) is 27.3 Å². The number of nitrogens with zero attached hydrogens (tertiary/aromatic N) is 3. The molecule has 0 aliphatic heterocycles. The number of hydrogen-bond donors (Lipinski definition) is 2. The van der Waals surface area contributed by atoms with Crippen LogP contribution >= 0.6 is 0 Å². The average molecular weight is 209 g/mol. The Morgan fingerprint density at radius 2 is 2.07 bits per heavy atom.